The molecule has 0 unspecified atom stereocenters. The number of carbonyl (C=O) groups is 4. The Bertz CT molecular complexity index is 3260. The van der Waals surface area contributed by atoms with Gasteiger partial charge in [-0.1, -0.05) is 183 Å². The summed E-state index contributed by atoms with van der Waals surface area (Å²) < 4.78 is 0. The van der Waals surface area contributed by atoms with E-state index in [4.69, 9.17) is 0 Å². The lowest BCUT2D eigenvalue weighted by molar-refractivity contribution is -0.124. The molecule has 0 spiro atoms. The Morgan fingerprint density at radius 2 is 0.846 bits per heavy atom. The maximum Gasteiger partial charge on any atom is 0.238 e. The number of nitrogens with zero attached hydrogens (tertiary/aromatic N) is 2. The molecule has 4 fully saturated rings. The molecule has 0 aromatic heterocycles. The van der Waals surface area contributed by atoms with Gasteiger partial charge in [0, 0.05) is 10.8 Å². The molecule has 6 nitrogen and oxygen atoms in total. The first-order valence-corrected chi connectivity index (χ1v) is 30.1. The highest BCUT2D eigenvalue weighted by atomic mass is 31.1. The third-order valence-electron chi connectivity index (χ3n) is 17.4. The SMILES string of the molecule is C=CCCCCCC/C=C/[C@@H]1C[C@H](C=C)[C@@H]2C(=O)N(c3cccc4c(-c5c(C)ccc6c(N7C(=O)[C@@H]8[C@H](C7=O)[C@H](C=C)C[C@@H]8/C=C/CCCCCCC=C)cccc56)c(P(c5ccccc5)c5ccccc5)ccc34)C(=O)[C@@H]21. The van der Waals surface area contributed by atoms with E-state index < -0.39 is 31.6 Å². The van der Waals surface area contributed by atoms with Gasteiger partial charge >= 0.3 is 0 Å². The second-order valence-electron chi connectivity index (χ2n) is 22.1. The number of rotatable bonds is 24. The Morgan fingerprint density at radius 3 is 1.28 bits per heavy atom. The van der Waals surface area contributed by atoms with Crippen molar-refractivity contribution in [3.05, 3.63) is 202 Å². The topological polar surface area (TPSA) is 74.8 Å². The predicted molar refractivity (Wildman–Crippen MR) is 327 cm³/mol. The molecule has 8 atom stereocenters. The van der Waals surface area contributed by atoms with Gasteiger partial charge in [-0.05, 0) is 158 Å². The second kappa shape index (κ2) is 24.8. The molecule has 2 saturated carbocycles. The lowest BCUT2D eigenvalue weighted by Gasteiger charge is -2.27. The van der Waals surface area contributed by atoms with Crippen LogP contribution in [0.1, 0.15) is 95.5 Å². The number of aryl methyl sites for hydroxylation is 1. The van der Waals surface area contributed by atoms with Crippen LogP contribution in [0.4, 0.5) is 11.4 Å². The molecule has 6 aromatic carbocycles. The second-order valence-corrected chi connectivity index (χ2v) is 24.3. The molecule has 78 heavy (non-hydrogen) atoms. The molecule has 7 heteroatoms. The summed E-state index contributed by atoms with van der Waals surface area (Å²) >= 11 is 0. The fourth-order valence-corrected chi connectivity index (χ4v) is 16.2. The largest absolute Gasteiger partial charge is 0.274 e. The van der Waals surface area contributed by atoms with Crippen LogP contribution >= 0.6 is 7.92 Å². The van der Waals surface area contributed by atoms with Crippen molar-refractivity contribution in [3.8, 4) is 11.1 Å². The van der Waals surface area contributed by atoms with Crippen molar-refractivity contribution in [1.29, 1.82) is 0 Å². The van der Waals surface area contributed by atoms with Crippen molar-refractivity contribution in [3.63, 3.8) is 0 Å². The quantitative estimate of drug-likeness (QED) is 0.0262. The summed E-state index contributed by atoms with van der Waals surface area (Å²) in [5.74, 6) is -2.83. The smallest absolute Gasteiger partial charge is 0.238 e. The van der Waals surface area contributed by atoms with E-state index in [1.54, 1.807) is 0 Å². The molecule has 0 N–H and O–H groups in total. The maximum absolute atomic E-state index is 15.1. The van der Waals surface area contributed by atoms with E-state index >= 15 is 14.4 Å². The highest BCUT2D eigenvalue weighted by molar-refractivity contribution is 7.80. The molecule has 2 aliphatic carbocycles. The van der Waals surface area contributed by atoms with E-state index in [9.17, 15) is 4.79 Å². The fourth-order valence-electron chi connectivity index (χ4n) is 13.7. The Labute approximate surface area is 464 Å². The van der Waals surface area contributed by atoms with Gasteiger partial charge in [0.15, 0.2) is 0 Å². The Hall–Kier alpha value is -7.01. The minimum atomic E-state index is -1.17. The monoisotopic (exact) mass is 1050 g/mol. The minimum absolute atomic E-state index is 0.0537. The van der Waals surface area contributed by atoms with Gasteiger partial charge in [-0.3, -0.25) is 19.2 Å². The van der Waals surface area contributed by atoms with E-state index in [1.807, 2.05) is 48.6 Å². The van der Waals surface area contributed by atoms with Gasteiger partial charge in [0.05, 0.1) is 35.0 Å². The number of imide groups is 2. The van der Waals surface area contributed by atoms with Crippen LogP contribution in [0.5, 0.6) is 0 Å². The highest BCUT2D eigenvalue weighted by Crippen LogP contribution is 2.54. The Balaban J connectivity index is 1.08. The molecule has 2 heterocycles. The van der Waals surface area contributed by atoms with Gasteiger partial charge in [0.2, 0.25) is 23.6 Å². The Kier molecular flexibility index (Phi) is 17.3. The normalized spacial score (nSPS) is 22.9. The van der Waals surface area contributed by atoms with Crippen LogP contribution in [0, 0.1) is 54.3 Å². The molecule has 10 rings (SSSR count). The molecular formula is C71H75N2O4P. The van der Waals surface area contributed by atoms with Crippen molar-refractivity contribution in [2.75, 3.05) is 9.80 Å². The van der Waals surface area contributed by atoms with Crippen LogP contribution < -0.4 is 25.7 Å². The van der Waals surface area contributed by atoms with Crippen molar-refractivity contribution in [2.45, 2.75) is 96.8 Å². The third kappa shape index (κ3) is 10.4. The lowest BCUT2D eigenvalue weighted by atomic mass is 9.89. The summed E-state index contributed by atoms with van der Waals surface area (Å²) in [6, 6.07) is 41.9. The molecule has 2 saturated heterocycles. The van der Waals surface area contributed by atoms with Crippen molar-refractivity contribution < 1.29 is 19.2 Å². The van der Waals surface area contributed by atoms with Gasteiger partial charge in [0.25, 0.3) is 0 Å². The molecular weight excluding hydrogens is 976 g/mol. The number of allylic oxidation sites excluding steroid dienone is 8. The molecule has 2 aliphatic heterocycles. The fraction of sp³-hybridized carbons (Fsp3) is 0.324. The van der Waals surface area contributed by atoms with Crippen LogP contribution in [-0.2, 0) is 19.2 Å². The Morgan fingerprint density at radius 1 is 0.436 bits per heavy atom. The number of hydrogen-bond acceptors (Lipinski definition) is 4. The highest BCUT2D eigenvalue weighted by Gasteiger charge is 2.59. The summed E-state index contributed by atoms with van der Waals surface area (Å²) in [5.41, 5.74) is 4.17. The van der Waals surface area contributed by atoms with Crippen molar-refractivity contribution in [2.24, 2.45) is 47.3 Å². The molecule has 4 amide bonds. The first-order chi connectivity index (χ1) is 38.2. The van der Waals surface area contributed by atoms with E-state index in [1.165, 1.54) is 33.3 Å². The van der Waals surface area contributed by atoms with E-state index in [0.29, 0.717) is 11.4 Å². The number of anilines is 2. The molecule has 4 aliphatic rings. The number of hydrogen-bond donors (Lipinski definition) is 0. The van der Waals surface area contributed by atoms with E-state index in [-0.39, 0.29) is 47.3 Å². The minimum Gasteiger partial charge on any atom is -0.274 e. The first-order valence-electron chi connectivity index (χ1n) is 28.8. The molecule has 398 valence electrons. The zero-order valence-electron chi connectivity index (χ0n) is 45.5. The van der Waals surface area contributed by atoms with Crippen LogP contribution in [0.2, 0.25) is 0 Å². The standard InChI is InChI=1S/C71H75N2O4P/c1-6-10-12-14-16-18-20-24-32-51-46-49(8-3)63-65(51)70(76)72(68(63)74)59-40-30-38-57-55(59)43-42-48(5)62(57)67-58-39-31-41-60(56(58)44-45-61(67)78(53-34-26-22-27-35-53)54-36-28-23-29-37-54)73-69(75)64-50(9-4)47-52(66(64)71(73)77)33-25-21-19-17-15-13-11-7-2/h6-9,22-45,49-52,63-66H,1-4,10-21,46-47H2,5H3/b32-24+,33-25+/t49-,50+,51+,52-,63-,64+,65+,66-/m1/s1. The van der Waals surface area contributed by atoms with E-state index in [2.05, 4.69) is 155 Å². The third-order valence-corrected chi connectivity index (χ3v) is 19.9. The summed E-state index contributed by atoms with van der Waals surface area (Å²) in [6.07, 6.45) is 31.2. The number of carbonyl (C=O) groups excluding carboxylic acids is 4. The number of fused-ring (bicyclic) bond motifs is 4. The average Bonchev–Trinajstić information content (AvgIpc) is 4.20. The average molecular weight is 1050 g/mol. The van der Waals surface area contributed by atoms with Gasteiger partial charge < -0.3 is 0 Å². The van der Waals surface area contributed by atoms with Crippen LogP contribution in [0.25, 0.3) is 32.7 Å². The van der Waals surface area contributed by atoms with Gasteiger partial charge in [-0.25, -0.2) is 9.80 Å². The van der Waals surface area contributed by atoms with Gasteiger partial charge in [-0.15, -0.1) is 26.3 Å². The van der Waals surface area contributed by atoms with Crippen LogP contribution in [0.3, 0.4) is 0 Å². The zero-order valence-corrected chi connectivity index (χ0v) is 46.4. The zero-order chi connectivity index (χ0) is 54.3. The van der Waals surface area contributed by atoms with Crippen LogP contribution in [0.15, 0.2) is 196 Å². The number of benzene rings is 6. The summed E-state index contributed by atoms with van der Waals surface area (Å²) in [4.78, 5) is 63.1. The van der Waals surface area contributed by atoms with Gasteiger partial charge in [-0.2, -0.15) is 0 Å². The van der Waals surface area contributed by atoms with Crippen LogP contribution in [-0.4, -0.2) is 23.6 Å². The predicted octanol–water partition coefficient (Wildman–Crippen LogP) is 15.7. The number of amides is 4. The van der Waals surface area contributed by atoms with E-state index in [0.717, 1.165) is 121 Å². The van der Waals surface area contributed by atoms with Gasteiger partial charge in [0.1, 0.15) is 0 Å². The van der Waals surface area contributed by atoms with Crippen molar-refractivity contribution in [1.82, 2.24) is 0 Å². The number of unbranched alkanes of at least 4 members (excludes halogenated alkanes) is 10. The maximum atomic E-state index is 15.1. The summed E-state index contributed by atoms with van der Waals surface area (Å²) in [6.45, 7) is 18.2. The molecule has 6 aromatic rings. The molecule has 0 bridgehead atoms. The lowest BCUT2D eigenvalue weighted by Crippen LogP contribution is -2.33. The summed E-state index contributed by atoms with van der Waals surface area (Å²) in [5, 5.41) is 6.91. The summed E-state index contributed by atoms with van der Waals surface area (Å²) in [7, 11) is -1.17. The molecule has 0 radical (unpaired) electrons. The first kappa shape index (κ1) is 54.3. The van der Waals surface area contributed by atoms with Crippen molar-refractivity contribution >= 4 is 80.4 Å².